The third-order valence-corrected chi connectivity index (χ3v) is 5.85. The largest absolute Gasteiger partial charge is 0.289 e. The van der Waals surface area contributed by atoms with Crippen LogP contribution in [0.15, 0.2) is 31.8 Å². The predicted molar refractivity (Wildman–Crippen MR) is 97.8 cm³/mol. The molecule has 0 aliphatic heterocycles. The Labute approximate surface area is 147 Å². The molecule has 0 saturated carbocycles. The Morgan fingerprint density at radius 3 is 2.14 bits per heavy atom. The van der Waals surface area contributed by atoms with E-state index in [0.717, 1.165) is 24.3 Å². The molecule has 0 fully saturated rings. The molecule has 0 unspecified atom stereocenters. The van der Waals surface area contributed by atoms with E-state index in [4.69, 9.17) is 0 Å². The fourth-order valence-corrected chi connectivity index (χ4v) is 5.06. The first-order valence-electron chi connectivity index (χ1n) is 6.94. The van der Waals surface area contributed by atoms with Crippen LogP contribution >= 0.6 is 43.2 Å². The Hall–Kier alpha value is -0.450. The third-order valence-electron chi connectivity index (χ3n) is 3.51. The molecule has 0 bridgehead atoms. The molecule has 0 radical (unpaired) electrons. The lowest BCUT2D eigenvalue weighted by molar-refractivity contribution is 0.103. The summed E-state index contributed by atoms with van der Waals surface area (Å²) in [5, 5.41) is 0. The molecule has 0 N–H and O–H groups in total. The van der Waals surface area contributed by atoms with Crippen molar-refractivity contribution in [2.45, 2.75) is 39.5 Å². The summed E-state index contributed by atoms with van der Waals surface area (Å²) < 4.78 is 1.84. The summed E-state index contributed by atoms with van der Waals surface area (Å²) in [4.78, 5) is 12.8. The summed E-state index contributed by atoms with van der Waals surface area (Å²) in [5.74, 6) is 0.875. The van der Waals surface area contributed by atoms with E-state index in [1.165, 1.54) is 16.9 Å². The summed E-state index contributed by atoms with van der Waals surface area (Å²) in [5.41, 5.74) is 3.94. The zero-order valence-corrected chi connectivity index (χ0v) is 16.5. The van der Waals surface area contributed by atoms with Gasteiger partial charge in [0, 0.05) is 11.1 Å². The molecule has 112 valence electrons. The van der Waals surface area contributed by atoms with Crippen molar-refractivity contribution in [3.63, 3.8) is 0 Å². The Kier molecular flexibility index (Phi) is 5.44. The van der Waals surface area contributed by atoms with Gasteiger partial charge in [-0.05, 0) is 60.9 Å². The number of halogens is 2. The van der Waals surface area contributed by atoms with Crippen LogP contribution in [-0.4, -0.2) is 5.78 Å². The minimum absolute atomic E-state index is 0.0860. The minimum atomic E-state index is 0.0860. The van der Waals surface area contributed by atoms with Crippen LogP contribution in [0, 0.1) is 0 Å². The molecule has 1 aromatic carbocycles. The van der Waals surface area contributed by atoms with E-state index in [2.05, 4.69) is 71.7 Å². The summed E-state index contributed by atoms with van der Waals surface area (Å²) in [7, 11) is 0. The number of ketones is 1. The maximum absolute atomic E-state index is 12.8. The molecule has 2 aromatic rings. The number of carbonyl (C=O) groups is 1. The molecule has 0 atom stereocenters. The molecule has 0 saturated heterocycles. The molecule has 0 aliphatic rings. The van der Waals surface area contributed by atoms with Crippen molar-refractivity contribution in [1.29, 1.82) is 0 Å². The molecule has 2 rings (SSSR count). The second-order valence-corrected chi connectivity index (χ2v) is 9.47. The van der Waals surface area contributed by atoms with Crippen LogP contribution in [0.4, 0.5) is 0 Å². The molecule has 1 aromatic heterocycles. The fraction of sp³-hybridized carbons (Fsp3) is 0.353. The van der Waals surface area contributed by atoms with Crippen LogP contribution < -0.4 is 0 Å². The lowest BCUT2D eigenvalue weighted by Crippen LogP contribution is -2.07. The monoisotopic (exact) mass is 428 g/mol. The van der Waals surface area contributed by atoms with E-state index in [-0.39, 0.29) is 5.78 Å². The first-order valence-corrected chi connectivity index (χ1v) is 9.34. The SMILES string of the molecule is CC(C)c1ccc(C(=O)c2cc(Br)sc2Br)c(C(C)C)c1. The lowest BCUT2D eigenvalue weighted by Gasteiger charge is -2.15. The van der Waals surface area contributed by atoms with Crippen molar-refractivity contribution in [2.75, 3.05) is 0 Å². The average molecular weight is 430 g/mol. The van der Waals surface area contributed by atoms with Gasteiger partial charge in [0.25, 0.3) is 0 Å². The van der Waals surface area contributed by atoms with Gasteiger partial charge >= 0.3 is 0 Å². The third kappa shape index (κ3) is 3.66. The number of benzene rings is 1. The predicted octanol–water partition coefficient (Wildman–Crippen LogP) is 6.75. The summed E-state index contributed by atoms with van der Waals surface area (Å²) in [6.07, 6.45) is 0. The van der Waals surface area contributed by atoms with Gasteiger partial charge in [0.2, 0.25) is 0 Å². The summed E-state index contributed by atoms with van der Waals surface area (Å²) >= 11 is 8.45. The van der Waals surface area contributed by atoms with E-state index in [1.54, 1.807) is 0 Å². The highest BCUT2D eigenvalue weighted by Crippen LogP contribution is 2.35. The van der Waals surface area contributed by atoms with Gasteiger partial charge in [-0.15, -0.1) is 11.3 Å². The molecular weight excluding hydrogens is 412 g/mol. The van der Waals surface area contributed by atoms with E-state index in [1.807, 2.05) is 12.1 Å². The highest BCUT2D eigenvalue weighted by Gasteiger charge is 2.20. The van der Waals surface area contributed by atoms with Crippen LogP contribution in [0.3, 0.4) is 0 Å². The number of carbonyl (C=O) groups excluding carboxylic acids is 1. The van der Waals surface area contributed by atoms with Crippen LogP contribution in [0.25, 0.3) is 0 Å². The Bertz CT molecular complexity index is 671. The zero-order chi connectivity index (χ0) is 15.7. The van der Waals surface area contributed by atoms with Crippen LogP contribution in [0.5, 0.6) is 0 Å². The van der Waals surface area contributed by atoms with Crippen molar-refractivity contribution in [2.24, 2.45) is 0 Å². The molecular formula is C17H18Br2OS. The molecule has 0 aliphatic carbocycles. The van der Waals surface area contributed by atoms with Crippen molar-refractivity contribution >= 4 is 49.0 Å². The first kappa shape index (κ1) is 16.9. The van der Waals surface area contributed by atoms with Crippen molar-refractivity contribution in [1.82, 2.24) is 0 Å². The maximum atomic E-state index is 12.8. The van der Waals surface area contributed by atoms with E-state index < -0.39 is 0 Å². The normalized spacial score (nSPS) is 11.4. The van der Waals surface area contributed by atoms with Gasteiger partial charge in [-0.1, -0.05) is 45.9 Å². The van der Waals surface area contributed by atoms with Gasteiger partial charge in [-0.2, -0.15) is 0 Å². The number of rotatable bonds is 4. The summed E-state index contributed by atoms with van der Waals surface area (Å²) in [6.45, 7) is 8.62. The van der Waals surface area contributed by atoms with Gasteiger partial charge in [0.05, 0.1) is 7.57 Å². The zero-order valence-electron chi connectivity index (χ0n) is 12.5. The standard InChI is InChI=1S/C17H18Br2OS/c1-9(2)11-5-6-12(13(7-11)10(3)4)16(20)14-8-15(18)21-17(14)19/h5-10H,1-4H3. The second kappa shape index (κ2) is 6.76. The lowest BCUT2D eigenvalue weighted by atomic mass is 9.89. The van der Waals surface area contributed by atoms with Gasteiger partial charge < -0.3 is 0 Å². The molecule has 1 nitrogen and oxygen atoms in total. The minimum Gasteiger partial charge on any atom is -0.289 e. The van der Waals surface area contributed by atoms with Gasteiger partial charge in [0.1, 0.15) is 0 Å². The quantitative estimate of drug-likeness (QED) is 0.491. The van der Waals surface area contributed by atoms with Crippen LogP contribution in [0.2, 0.25) is 0 Å². The maximum Gasteiger partial charge on any atom is 0.195 e. The molecule has 4 heteroatoms. The highest BCUT2D eigenvalue weighted by molar-refractivity contribution is 9.12. The van der Waals surface area contributed by atoms with Crippen molar-refractivity contribution in [3.8, 4) is 0 Å². The number of thiophene rings is 1. The van der Waals surface area contributed by atoms with Crippen molar-refractivity contribution < 1.29 is 4.79 Å². The average Bonchev–Trinajstić information content (AvgIpc) is 2.76. The van der Waals surface area contributed by atoms with Crippen molar-refractivity contribution in [3.05, 3.63) is 54.1 Å². The number of hydrogen-bond acceptors (Lipinski definition) is 2. The molecule has 1 heterocycles. The molecule has 0 amide bonds. The van der Waals surface area contributed by atoms with Gasteiger partial charge in [-0.3, -0.25) is 4.79 Å². The molecule has 21 heavy (non-hydrogen) atoms. The van der Waals surface area contributed by atoms with Crippen LogP contribution in [-0.2, 0) is 0 Å². The van der Waals surface area contributed by atoms with Crippen LogP contribution in [0.1, 0.15) is 66.6 Å². The van der Waals surface area contributed by atoms with Gasteiger partial charge in [0.15, 0.2) is 5.78 Å². The smallest absolute Gasteiger partial charge is 0.195 e. The topological polar surface area (TPSA) is 17.1 Å². The first-order chi connectivity index (χ1) is 9.81. The van der Waals surface area contributed by atoms with Gasteiger partial charge in [-0.25, -0.2) is 0 Å². The Balaban J connectivity index is 2.52. The Morgan fingerprint density at radius 2 is 1.67 bits per heavy atom. The Morgan fingerprint density at radius 1 is 1.00 bits per heavy atom. The van der Waals surface area contributed by atoms with E-state index in [9.17, 15) is 4.79 Å². The van der Waals surface area contributed by atoms with E-state index in [0.29, 0.717) is 11.8 Å². The fourth-order valence-electron chi connectivity index (χ4n) is 2.26. The second-order valence-electron chi connectivity index (χ2n) is 5.72. The highest BCUT2D eigenvalue weighted by atomic mass is 79.9. The van der Waals surface area contributed by atoms with E-state index >= 15 is 0 Å². The number of hydrogen-bond donors (Lipinski definition) is 0. The summed E-state index contributed by atoms with van der Waals surface area (Å²) in [6, 6.07) is 8.11. The molecule has 0 spiro atoms.